The molecule has 0 bridgehead atoms. The van der Waals surface area contributed by atoms with E-state index in [2.05, 4.69) is 6.58 Å². The van der Waals surface area contributed by atoms with E-state index in [-0.39, 0.29) is 17.9 Å². The van der Waals surface area contributed by atoms with Crippen LogP contribution in [0.2, 0.25) is 0 Å². The second-order valence-electron chi connectivity index (χ2n) is 7.58. The molecule has 1 amide bonds. The Balaban J connectivity index is 2.09. The summed E-state index contributed by atoms with van der Waals surface area (Å²) in [4.78, 5) is 27.5. The Morgan fingerprint density at radius 3 is 2.38 bits per heavy atom. The van der Waals surface area contributed by atoms with Gasteiger partial charge >= 0.3 is 0 Å². The van der Waals surface area contributed by atoms with Crippen molar-refractivity contribution in [1.82, 2.24) is 4.90 Å². The fourth-order valence-corrected chi connectivity index (χ4v) is 3.88. The number of aliphatic hydroxyl groups is 1. The van der Waals surface area contributed by atoms with E-state index in [4.69, 9.17) is 18.9 Å². The van der Waals surface area contributed by atoms with E-state index in [0.29, 0.717) is 48.0 Å². The molecule has 1 atom stereocenters. The van der Waals surface area contributed by atoms with Crippen LogP contribution in [-0.2, 0) is 14.3 Å². The maximum Gasteiger partial charge on any atom is 0.295 e. The smallest absolute Gasteiger partial charge is 0.295 e. The molecule has 180 valence electrons. The topological polar surface area (TPSA) is 94.5 Å². The Kier molecular flexibility index (Phi) is 8.32. The van der Waals surface area contributed by atoms with Gasteiger partial charge in [0.1, 0.15) is 18.1 Å². The number of ketones is 1. The molecule has 34 heavy (non-hydrogen) atoms. The molecule has 1 N–H and O–H groups in total. The minimum Gasteiger partial charge on any atom is -0.507 e. The number of amides is 1. The fourth-order valence-electron chi connectivity index (χ4n) is 3.88. The summed E-state index contributed by atoms with van der Waals surface area (Å²) in [5, 5.41) is 11.2. The first-order valence-electron chi connectivity index (χ1n) is 10.8. The molecule has 0 saturated carbocycles. The van der Waals surface area contributed by atoms with Gasteiger partial charge in [-0.2, -0.15) is 0 Å². The predicted octanol–water partition coefficient (Wildman–Crippen LogP) is 3.73. The van der Waals surface area contributed by atoms with Crippen LogP contribution in [0.25, 0.3) is 5.76 Å². The molecular weight excluding hydrogens is 438 g/mol. The van der Waals surface area contributed by atoms with E-state index >= 15 is 0 Å². The summed E-state index contributed by atoms with van der Waals surface area (Å²) in [6, 6.07) is 11.0. The summed E-state index contributed by atoms with van der Waals surface area (Å²) in [6.07, 6.45) is 2.16. The molecule has 0 aliphatic carbocycles. The van der Waals surface area contributed by atoms with Crippen LogP contribution in [0.3, 0.4) is 0 Å². The van der Waals surface area contributed by atoms with Gasteiger partial charge in [-0.25, -0.2) is 0 Å². The highest BCUT2D eigenvalue weighted by Gasteiger charge is 2.46. The summed E-state index contributed by atoms with van der Waals surface area (Å²) in [5.41, 5.74) is 1.02. The van der Waals surface area contributed by atoms with Gasteiger partial charge in [0, 0.05) is 25.8 Å². The molecule has 1 fully saturated rings. The third-order valence-corrected chi connectivity index (χ3v) is 5.51. The SMILES string of the molecule is C=CCOc1ccc(C(O)=C2C(=O)C(=O)N(CCCOC)C2c2ccc(OC)c(OC)c2)cc1. The first kappa shape index (κ1) is 24.9. The molecule has 0 spiro atoms. The molecule has 1 aliphatic heterocycles. The Hall–Kier alpha value is -3.78. The van der Waals surface area contributed by atoms with Gasteiger partial charge in [-0.3, -0.25) is 9.59 Å². The van der Waals surface area contributed by atoms with Gasteiger partial charge in [-0.05, 0) is 48.4 Å². The highest BCUT2D eigenvalue weighted by molar-refractivity contribution is 6.46. The van der Waals surface area contributed by atoms with Crippen LogP contribution in [-0.4, -0.2) is 62.8 Å². The lowest BCUT2D eigenvalue weighted by Crippen LogP contribution is -2.31. The zero-order valence-corrected chi connectivity index (χ0v) is 19.6. The molecule has 8 nitrogen and oxygen atoms in total. The first-order valence-corrected chi connectivity index (χ1v) is 10.8. The average molecular weight is 468 g/mol. The summed E-state index contributed by atoms with van der Waals surface area (Å²) >= 11 is 0. The number of nitrogens with zero attached hydrogens (tertiary/aromatic N) is 1. The number of rotatable bonds is 11. The number of ether oxygens (including phenoxy) is 4. The van der Waals surface area contributed by atoms with Gasteiger partial charge in [-0.15, -0.1) is 0 Å². The van der Waals surface area contributed by atoms with Gasteiger partial charge in [-0.1, -0.05) is 18.7 Å². The molecule has 1 saturated heterocycles. The normalized spacial score (nSPS) is 17.0. The standard InChI is InChI=1S/C26H29NO7/c1-5-14-34-19-10-7-17(8-11-19)24(28)22-23(18-9-12-20(32-3)21(16-18)33-4)27(13-6-15-31-2)26(30)25(22)29/h5,7-12,16,23,28H,1,6,13-15H2,2-4H3. The van der Waals surface area contributed by atoms with E-state index in [1.54, 1.807) is 55.7 Å². The van der Waals surface area contributed by atoms with E-state index < -0.39 is 17.7 Å². The fraction of sp³-hybridized carbons (Fsp3) is 0.308. The van der Waals surface area contributed by atoms with Crippen LogP contribution < -0.4 is 14.2 Å². The predicted molar refractivity (Wildman–Crippen MR) is 127 cm³/mol. The maximum absolute atomic E-state index is 13.1. The molecule has 3 rings (SSSR count). The van der Waals surface area contributed by atoms with E-state index in [1.165, 1.54) is 19.1 Å². The van der Waals surface area contributed by atoms with Crippen molar-refractivity contribution in [3.8, 4) is 17.2 Å². The Labute approximate surface area is 199 Å². The number of aliphatic hydroxyl groups excluding tert-OH is 1. The number of carbonyl (C=O) groups excluding carboxylic acids is 2. The molecule has 1 heterocycles. The summed E-state index contributed by atoms with van der Waals surface area (Å²) < 4.78 is 21.3. The van der Waals surface area contributed by atoms with Crippen molar-refractivity contribution in [3.05, 3.63) is 71.8 Å². The lowest BCUT2D eigenvalue weighted by Gasteiger charge is -2.26. The number of hydrogen-bond donors (Lipinski definition) is 1. The molecule has 1 aliphatic rings. The summed E-state index contributed by atoms with van der Waals surface area (Å²) in [5.74, 6) is -0.135. The Morgan fingerprint density at radius 2 is 1.76 bits per heavy atom. The Morgan fingerprint density at radius 1 is 1.06 bits per heavy atom. The summed E-state index contributed by atoms with van der Waals surface area (Å²) in [7, 11) is 4.60. The molecule has 0 radical (unpaired) electrons. The zero-order chi connectivity index (χ0) is 24.7. The highest BCUT2D eigenvalue weighted by atomic mass is 16.5. The molecule has 2 aromatic carbocycles. The zero-order valence-electron chi connectivity index (χ0n) is 19.6. The van der Waals surface area contributed by atoms with Crippen LogP contribution in [0.15, 0.2) is 60.7 Å². The van der Waals surface area contributed by atoms with Crippen molar-refractivity contribution < 1.29 is 33.6 Å². The van der Waals surface area contributed by atoms with Crippen molar-refractivity contribution in [2.75, 3.05) is 41.1 Å². The van der Waals surface area contributed by atoms with Crippen molar-refractivity contribution >= 4 is 17.4 Å². The monoisotopic (exact) mass is 467 g/mol. The molecule has 2 aromatic rings. The molecule has 1 unspecified atom stereocenters. The van der Waals surface area contributed by atoms with Crippen LogP contribution in [0.5, 0.6) is 17.2 Å². The largest absolute Gasteiger partial charge is 0.507 e. The second-order valence-corrected chi connectivity index (χ2v) is 7.58. The number of likely N-dealkylation sites (tertiary alicyclic amines) is 1. The number of hydrogen-bond acceptors (Lipinski definition) is 7. The van der Waals surface area contributed by atoms with Crippen LogP contribution in [0, 0.1) is 0 Å². The van der Waals surface area contributed by atoms with Crippen molar-refractivity contribution in [1.29, 1.82) is 0 Å². The molecule has 0 aromatic heterocycles. The van der Waals surface area contributed by atoms with E-state index in [1.807, 2.05) is 0 Å². The van der Waals surface area contributed by atoms with Crippen molar-refractivity contribution in [2.24, 2.45) is 0 Å². The van der Waals surface area contributed by atoms with Crippen molar-refractivity contribution in [2.45, 2.75) is 12.5 Å². The van der Waals surface area contributed by atoms with E-state index in [9.17, 15) is 14.7 Å². The average Bonchev–Trinajstić information content (AvgIpc) is 3.12. The van der Waals surface area contributed by atoms with Gasteiger partial charge in [0.25, 0.3) is 11.7 Å². The van der Waals surface area contributed by atoms with Gasteiger partial charge in [0.15, 0.2) is 11.5 Å². The number of methoxy groups -OCH3 is 3. The molecular formula is C26H29NO7. The maximum atomic E-state index is 13.1. The number of Topliss-reactive ketones (excluding diaryl/α,β-unsaturated/α-hetero) is 1. The minimum atomic E-state index is -0.798. The van der Waals surface area contributed by atoms with Gasteiger partial charge in [0.2, 0.25) is 0 Å². The van der Waals surface area contributed by atoms with E-state index in [0.717, 1.165) is 0 Å². The van der Waals surface area contributed by atoms with Crippen LogP contribution in [0.4, 0.5) is 0 Å². The van der Waals surface area contributed by atoms with Gasteiger partial charge < -0.3 is 29.0 Å². The summed E-state index contributed by atoms with van der Waals surface area (Å²) in [6.45, 7) is 4.66. The molecule has 8 heteroatoms. The van der Waals surface area contributed by atoms with Crippen LogP contribution in [0.1, 0.15) is 23.6 Å². The number of carbonyl (C=O) groups is 2. The minimum absolute atomic E-state index is 0.00870. The third-order valence-electron chi connectivity index (χ3n) is 5.51. The number of benzene rings is 2. The lowest BCUT2D eigenvalue weighted by molar-refractivity contribution is -0.140. The lowest BCUT2D eigenvalue weighted by atomic mass is 9.95. The van der Waals surface area contributed by atoms with Gasteiger partial charge in [0.05, 0.1) is 25.8 Å². The first-order chi connectivity index (χ1) is 16.5. The van der Waals surface area contributed by atoms with Crippen molar-refractivity contribution in [3.63, 3.8) is 0 Å². The van der Waals surface area contributed by atoms with Crippen LogP contribution >= 0.6 is 0 Å². The highest BCUT2D eigenvalue weighted by Crippen LogP contribution is 2.42. The Bertz CT molecular complexity index is 1080. The second kappa shape index (κ2) is 11.4. The quantitative estimate of drug-likeness (QED) is 0.177. The third kappa shape index (κ3) is 5.07.